The van der Waals surface area contributed by atoms with Gasteiger partial charge in [0, 0.05) is 12.1 Å². The number of likely N-dealkylation sites (tertiary alicyclic amines) is 1. The molecule has 3 nitrogen and oxygen atoms in total. The van der Waals surface area contributed by atoms with E-state index in [0.29, 0.717) is 0 Å². The molecule has 1 amide bonds. The zero-order chi connectivity index (χ0) is 22.5. The van der Waals surface area contributed by atoms with Gasteiger partial charge in [-0.1, -0.05) is 66.7 Å². The molecule has 33 heavy (non-hydrogen) atoms. The highest BCUT2D eigenvalue weighted by Crippen LogP contribution is 2.29. The number of amides is 1. The Labute approximate surface area is 197 Å². The Morgan fingerprint density at radius 1 is 0.818 bits per heavy atom. The van der Waals surface area contributed by atoms with E-state index < -0.39 is 0 Å². The van der Waals surface area contributed by atoms with Crippen molar-refractivity contribution in [2.75, 3.05) is 13.1 Å². The van der Waals surface area contributed by atoms with Gasteiger partial charge in [-0.05, 0) is 91.9 Å². The van der Waals surface area contributed by atoms with Crippen molar-refractivity contribution >= 4 is 5.91 Å². The molecule has 3 heteroatoms. The molecule has 1 unspecified atom stereocenters. The minimum absolute atomic E-state index is 0.0324. The summed E-state index contributed by atoms with van der Waals surface area (Å²) in [4.78, 5) is 15.4. The number of nitrogens with zero attached hydrogens (tertiary/aromatic N) is 1. The molecule has 1 fully saturated rings. The highest BCUT2D eigenvalue weighted by Gasteiger charge is 2.22. The van der Waals surface area contributed by atoms with E-state index in [0.717, 1.165) is 50.4 Å². The van der Waals surface area contributed by atoms with Crippen molar-refractivity contribution in [3.63, 3.8) is 0 Å². The lowest BCUT2D eigenvalue weighted by Crippen LogP contribution is -2.34. The SMILES string of the molecule is O=C(NC1CCCc2ccccc21)c1ccc(CN2CCC(Cc3ccccc3)CC2)cc1. The van der Waals surface area contributed by atoms with Crippen molar-refractivity contribution in [1.29, 1.82) is 0 Å². The number of carbonyl (C=O) groups excluding carboxylic acids is 1. The van der Waals surface area contributed by atoms with Crippen molar-refractivity contribution in [2.24, 2.45) is 5.92 Å². The van der Waals surface area contributed by atoms with Gasteiger partial charge in [0.1, 0.15) is 0 Å². The summed E-state index contributed by atoms with van der Waals surface area (Å²) in [5.41, 5.74) is 6.15. The number of hydrogen-bond acceptors (Lipinski definition) is 2. The van der Waals surface area contributed by atoms with Gasteiger partial charge in [-0.2, -0.15) is 0 Å². The minimum Gasteiger partial charge on any atom is -0.345 e. The zero-order valence-corrected chi connectivity index (χ0v) is 19.4. The maximum absolute atomic E-state index is 12.9. The molecule has 170 valence electrons. The first-order valence-corrected chi connectivity index (χ1v) is 12.5. The van der Waals surface area contributed by atoms with Crippen LogP contribution in [-0.4, -0.2) is 23.9 Å². The lowest BCUT2D eigenvalue weighted by atomic mass is 9.87. The van der Waals surface area contributed by atoms with Crippen LogP contribution in [0, 0.1) is 5.92 Å². The molecule has 2 aliphatic rings. The molecule has 0 aromatic heterocycles. The Hall–Kier alpha value is -2.91. The van der Waals surface area contributed by atoms with Gasteiger partial charge in [0.2, 0.25) is 0 Å². The average molecular weight is 439 g/mol. The standard InChI is InChI=1S/C30H34N2O/c33-30(31-29-12-6-10-26-9-4-5-11-28(26)29)27-15-13-25(14-16-27)22-32-19-17-24(18-20-32)21-23-7-2-1-3-8-23/h1-5,7-9,11,13-16,24,29H,6,10,12,17-22H2,(H,31,33). The maximum Gasteiger partial charge on any atom is 0.251 e. The quantitative estimate of drug-likeness (QED) is 0.516. The van der Waals surface area contributed by atoms with E-state index in [1.54, 1.807) is 0 Å². The summed E-state index contributed by atoms with van der Waals surface area (Å²) in [6.07, 6.45) is 6.98. The van der Waals surface area contributed by atoms with E-state index in [1.807, 2.05) is 12.1 Å². The van der Waals surface area contributed by atoms with Crippen LogP contribution in [0.2, 0.25) is 0 Å². The van der Waals surface area contributed by atoms with Gasteiger partial charge < -0.3 is 5.32 Å². The normalized spacial score (nSPS) is 19.1. The molecule has 1 aliphatic heterocycles. The molecular formula is C30H34N2O. The molecule has 1 atom stereocenters. The van der Waals surface area contributed by atoms with Gasteiger partial charge in [0.15, 0.2) is 0 Å². The third-order valence-electron chi connectivity index (χ3n) is 7.37. The van der Waals surface area contributed by atoms with Crippen molar-refractivity contribution in [1.82, 2.24) is 10.2 Å². The second-order valence-electron chi connectivity index (χ2n) is 9.72. The molecule has 0 bridgehead atoms. The smallest absolute Gasteiger partial charge is 0.251 e. The topological polar surface area (TPSA) is 32.3 Å². The number of fused-ring (bicyclic) bond motifs is 1. The van der Waals surface area contributed by atoms with Crippen LogP contribution in [0.1, 0.15) is 64.3 Å². The summed E-state index contributed by atoms with van der Waals surface area (Å²) < 4.78 is 0. The second kappa shape index (κ2) is 10.4. The fourth-order valence-electron chi connectivity index (χ4n) is 5.46. The van der Waals surface area contributed by atoms with E-state index in [2.05, 4.69) is 76.9 Å². The van der Waals surface area contributed by atoms with Crippen LogP contribution >= 0.6 is 0 Å². The van der Waals surface area contributed by atoms with Crippen LogP contribution in [0.5, 0.6) is 0 Å². The van der Waals surface area contributed by atoms with E-state index >= 15 is 0 Å². The molecule has 1 aliphatic carbocycles. The largest absolute Gasteiger partial charge is 0.345 e. The monoisotopic (exact) mass is 438 g/mol. The van der Waals surface area contributed by atoms with E-state index in [1.165, 1.54) is 41.5 Å². The predicted molar refractivity (Wildman–Crippen MR) is 134 cm³/mol. The molecule has 5 rings (SSSR count). The maximum atomic E-state index is 12.9. The molecule has 0 saturated carbocycles. The van der Waals surface area contributed by atoms with Gasteiger partial charge in [-0.25, -0.2) is 0 Å². The van der Waals surface area contributed by atoms with Gasteiger partial charge in [0.25, 0.3) is 5.91 Å². The number of piperidine rings is 1. The summed E-state index contributed by atoms with van der Waals surface area (Å²) in [6.45, 7) is 3.28. The van der Waals surface area contributed by atoms with Crippen LogP contribution < -0.4 is 5.32 Å². The van der Waals surface area contributed by atoms with Gasteiger partial charge in [-0.3, -0.25) is 9.69 Å². The van der Waals surface area contributed by atoms with Gasteiger partial charge >= 0.3 is 0 Å². The van der Waals surface area contributed by atoms with Crippen LogP contribution in [0.25, 0.3) is 0 Å². The third-order valence-corrected chi connectivity index (χ3v) is 7.37. The van der Waals surface area contributed by atoms with Crippen LogP contribution in [-0.2, 0) is 19.4 Å². The van der Waals surface area contributed by atoms with Crippen LogP contribution in [0.4, 0.5) is 0 Å². The molecule has 3 aromatic rings. The molecular weight excluding hydrogens is 404 g/mol. The van der Waals surface area contributed by atoms with Gasteiger partial charge in [-0.15, -0.1) is 0 Å². The van der Waals surface area contributed by atoms with E-state index in [-0.39, 0.29) is 11.9 Å². The highest BCUT2D eigenvalue weighted by atomic mass is 16.1. The van der Waals surface area contributed by atoms with Crippen molar-refractivity contribution in [3.8, 4) is 0 Å². The highest BCUT2D eigenvalue weighted by molar-refractivity contribution is 5.94. The summed E-state index contributed by atoms with van der Waals surface area (Å²) in [5, 5.41) is 3.27. The lowest BCUT2D eigenvalue weighted by molar-refractivity contribution is 0.0932. The molecule has 3 aromatic carbocycles. The van der Waals surface area contributed by atoms with Crippen molar-refractivity contribution in [3.05, 3.63) is 107 Å². The lowest BCUT2D eigenvalue weighted by Gasteiger charge is -2.32. The summed E-state index contributed by atoms with van der Waals surface area (Å²) >= 11 is 0. The number of carbonyl (C=O) groups is 1. The average Bonchev–Trinajstić information content (AvgIpc) is 2.86. The number of benzene rings is 3. The number of rotatable bonds is 6. The Balaban J connectivity index is 1.12. The van der Waals surface area contributed by atoms with Gasteiger partial charge in [0.05, 0.1) is 6.04 Å². The van der Waals surface area contributed by atoms with Crippen molar-refractivity contribution < 1.29 is 4.79 Å². The molecule has 0 radical (unpaired) electrons. The van der Waals surface area contributed by atoms with E-state index in [9.17, 15) is 4.79 Å². The Morgan fingerprint density at radius 3 is 2.33 bits per heavy atom. The molecule has 1 N–H and O–H groups in total. The molecule has 1 saturated heterocycles. The van der Waals surface area contributed by atoms with Crippen molar-refractivity contribution in [2.45, 2.75) is 51.1 Å². The summed E-state index contributed by atoms with van der Waals surface area (Å²) in [5.74, 6) is 0.824. The van der Waals surface area contributed by atoms with E-state index in [4.69, 9.17) is 0 Å². The number of aryl methyl sites for hydroxylation is 1. The first-order valence-electron chi connectivity index (χ1n) is 12.5. The molecule has 1 heterocycles. The zero-order valence-electron chi connectivity index (χ0n) is 19.4. The van der Waals surface area contributed by atoms with Crippen LogP contribution in [0.3, 0.4) is 0 Å². The summed E-state index contributed by atoms with van der Waals surface area (Å²) in [7, 11) is 0. The first-order chi connectivity index (χ1) is 16.2. The summed E-state index contributed by atoms with van der Waals surface area (Å²) in [6, 6.07) is 27.7. The minimum atomic E-state index is 0.0324. The molecule has 0 spiro atoms. The fourth-order valence-corrected chi connectivity index (χ4v) is 5.46. The van der Waals surface area contributed by atoms with Crippen LogP contribution in [0.15, 0.2) is 78.9 Å². The Bertz CT molecular complexity index is 1050. The predicted octanol–water partition coefficient (Wildman–Crippen LogP) is 5.95. The Morgan fingerprint density at radius 2 is 1.55 bits per heavy atom. The second-order valence-corrected chi connectivity index (χ2v) is 9.72. The Kier molecular flexibility index (Phi) is 6.87. The number of hydrogen-bond donors (Lipinski definition) is 1. The third kappa shape index (κ3) is 5.54. The fraction of sp³-hybridized carbons (Fsp3) is 0.367. The first kappa shape index (κ1) is 21.9. The number of nitrogens with one attached hydrogen (secondary N) is 1.